The van der Waals surface area contributed by atoms with E-state index in [9.17, 15) is 13.8 Å². The van der Waals surface area contributed by atoms with Gasteiger partial charge < -0.3 is 5.32 Å². The van der Waals surface area contributed by atoms with E-state index >= 15 is 0 Å². The van der Waals surface area contributed by atoms with E-state index in [2.05, 4.69) is 41.5 Å². The second kappa shape index (κ2) is 8.94. The number of anilines is 1. The summed E-state index contributed by atoms with van der Waals surface area (Å²) in [6.07, 6.45) is 0. The van der Waals surface area contributed by atoms with Crippen LogP contribution in [0.2, 0.25) is 0 Å². The molecule has 28 heavy (non-hydrogen) atoms. The molecule has 1 aromatic carbocycles. The van der Waals surface area contributed by atoms with Gasteiger partial charge in [-0.05, 0) is 44.4 Å². The molecule has 0 spiro atoms. The molecule has 0 aliphatic carbocycles. The summed E-state index contributed by atoms with van der Waals surface area (Å²) in [5.74, 6) is 0.587. The van der Waals surface area contributed by atoms with E-state index in [1.807, 2.05) is 5.48 Å². The van der Waals surface area contributed by atoms with Gasteiger partial charge >= 0.3 is 0 Å². The van der Waals surface area contributed by atoms with Crippen molar-refractivity contribution >= 4 is 43.0 Å². The topological polar surface area (TPSA) is 140 Å². The molecule has 0 bridgehead atoms. The molecule has 1 fully saturated rings. The highest BCUT2D eigenvalue weighted by atomic mass is 79.9. The normalized spacial score (nSPS) is 17.5. The minimum Gasteiger partial charge on any atom is -0.364 e. The van der Waals surface area contributed by atoms with Gasteiger partial charge in [-0.25, -0.2) is 18.2 Å². The summed E-state index contributed by atoms with van der Waals surface area (Å²) in [5, 5.41) is 20.0. The number of rotatable bonds is 6. The fourth-order valence-electron chi connectivity index (χ4n) is 2.60. The minimum absolute atomic E-state index is 0.0193. The van der Waals surface area contributed by atoms with Crippen LogP contribution < -0.4 is 10.8 Å². The molecular formula is C15H19BrFN7O3S. The lowest BCUT2D eigenvalue weighted by Gasteiger charge is -2.27. The molecule has 13 heteroatoms. The van der Waals surface area contributed by atoms with Gasteiger partial charge in [0.1, 0.15) is 5.82 Å². The zero-order valence-corrected chi connectivity index (χ0v) is 17.1. The number of amidine groups is 1. The Bertz CT molecular complexity index is 952. The highest BCUT2D eigenvalue weighted by Crippen LogP contribution is 2.23. The Labute approximate surface area is 169 Å². The van der Waals surface area contributed by atoms with Crippen LogP contribution in [0.1, 0.15) is 5.69 Å². The van der Waals surface area contributed by atoms with E-state index < -0.39 is 15.5 Å². The standard InChI is InChI=1S/C15H19BrFN7O3S/c16-11-9-10(1-2-12(11)17)20-15(21-25)13-14(23-27-22-13)19-3-4-24-5-7-28(18,26)8-6-24/h1-2,9,18,25H,3-8H2,(H,19,23)(H,20,21). The third-order valence-electron chi connectivity index (χ3n) is 4.16. The first kappa shape index (κ1) is 20.6. The van der Waals surface area contributed by atoms with Crippen LogP contribution in [0, 0.1) is 10.6 Å². The third kappa shape index (κ3) is 5.25. The Balaban J connectivity index is 1.64. The quantitative estimate of drug-likeness (QED) is 0.281. The number of hydroxylamine groups is 1. The summed E-state index contributed by atoms with van der Waals surface area (Å²) < 4.78 is 37.6. The zero-order valence-electron chi connectivity index (χ0n) is 14.7. The molecule has 0 unspecified atom stereocenters. The van der Waals surface area contributed by atoms with Crippen LogP contribution in [0.3, 0.4) is 0 Å². The highest BCUT2D eigenvalue weighted by molar-refractivity contribution is 9.10. The second-order valence-corrected chi connectivity index (χ2v) is 9.42. The Morgan fingerprint density at radius 1 is 1.43 bits per heavy atom. The predicted octanol–water partition coefficient (Wildman–Crippen LogP) is 1.80. The van der Waals surface area contributed by atoms with E-state index in [1.165, 1.54) is 18.2 Å². The fourth-order valence-corrected chi connectivity index (χ4v) is 4.27. The summed E-state index contributed by atoms with van der Waals surface area (Å²) in [4.78, 5) is 6.29. The average Bonchev–Trinajstić information content (AvgIpc) is 3.12. The average molecular weight is 476 g/mol. The molecule has 0 radical (unpaired) electrons. The molecule has 0 saturated carbocycles. The van der Waals surface area contributed by atoms with Crippen molar-refractivity contribution in [3.8, 4) is 0 Å². The summed E-state index contributed by atoms with van der Waals surface area (Å²) in [6.45, 7) is 2.38. The van der Waals surface area contributed by atoms with Gasteiger partial charge in [0.25, 0.3) is 0 Å². The maximum atomic E-state index is 13.4. The number of aliphatic imine (C=N–C) groups is 1. The molecule has 10 nitrogen and oxygen atoms in total. The second-order valence-electron chi connectivity index (χ2n) is 6.12. The maximum absolute atomic E-state index is 13.4. The smallest absolute Gasteiger partial charge is 0.202 e. The van der Waals surface area contributed by atoms with Crippen LogP contribution in [-0.2, 0) is 9.73 Å². The molecule has 1 aliphatic heterocycles. The third-order valence-corrected chi connectivity index (χ3v) is 6.45. The zero-order chi connectivity index (χ0) is 20.1. The molecular weight excluding hydrogens is 457 g/mol. The molecule has 0 atom stereocenters. The van der Waals surface area contributed by atoms with Gasteiger partial charge in [-0.15, -0.1) is 0 Å². The molecule has 3 rings (SSSR count). The van der Waals surface area contributed by atoms with E-state index in [0.29, 0.717) is 43.4 Å². The monoisotopic (exact) mass is 475 g/mol. The first-order chi connectivity index (χ1) is 13.4. The van der Waals surface area contributed by atoms with Crippen LogP contribution in [0.15, 0.2) is 32.3 Å². The van der Waals surface area contributed by atoms with Crippen molar-refractivity contribution in [2.75, 3.05) is 43.0 Å². The lowest BCUT2D eigenvalue weighted by atomic mass is 10.3. The summed E-state index contributed by atoms with van der Waals surface area (Å²) in [5.41, 5.74) is 2.49. The first-order valence-electron chi connectivity index (χ1n) is 8.35. The molecule has 4 N–H and O–H groups in total. The maximum Gasteiger partial charge on any atom is 0.202 e. The van der Waals surface area contributed by atoms with E-state index in [-0.39, 0.29) is 21.8 Å². The number of hydrogen-bond acceptors (Lipinski definition) is 9. The molecule has 152 valence electrons. The Hall–Kier alpha value is -2.09. The number of hydrogen-bond donors (Lipinski definition) is 4. The van der Waals surface area contributed by atoms with E-state index in [4.69, 9.17) is 9.41 Å². The van der Waals surface area contributed by atoms with Crippen LogP contribution in [-0.4, -0.2) is 68.1 Å². The summed E-state index contributed by atoms with van der Waals surface area (Å²) >= 11 is 3.08. The summed E-state index contributed by atoms with van der Waals surface area (Å²) in [6, 6.07) is 4.14. The van der Waals surface area contributed by atoms with E-state index in [0.717, 1.165) is 0 Å². The van der Waals surface area contributed by atoms with Gasteiger partial charge in [0, 0.05) is 47.4 Å². The van der Waals surface area contributed by atoms with Crippen molar-refractivity contribution in [3.05, 3.63) is 34.2 Å². The van der Waals surface area contributed by atoms with Gasteiger partial charge in [-0.2, -0.15) is 0 Å². The van der Waals surface area contributed by atoms with Crippen molar-refractivity contribution in [2.45, 2.75) is 0 Å². The van der Waals surface area contributed by atoms with Gasteiger partial charge in [-0.3, -0.25) is 20.4 Å². The number of benzene rings is 1. The minimum atomic E-state index is -2.42. The lowest BCUT2D eigenvalue weighted by Crippen LogP contribution is -2.41. The molecule has 1 aromatic heterocycles. The Morgan fingerprint density at radius 3 is 2.86 bits per heavy atom. The Morgan fingerprint density at radius 2 is 2.18 bits per heavy atom. The molecule has 1 saturated heterocycles. The number of halogens is 2. The van der Waals surface area contributed by atoms with Crippen LogP contribution in [0.5, 0.6) is 0 Å². The van der Waals surface area contributed by atoms with Crippen molar-refractivity contribution < 1.29 is 18.4 Å². The van der Waals surface area contributed by atoms with Crippen molar-refractivity contribution in [1.82, 2.24) is 20.7 Å². The highest BCUT2D eigenvalue weighted by Gasteiger charge is 2.20. The molecule has 2 aromatic rings. The SMILES string of the molecule is N=S1(=O)CCN(CCNc2nonc2C(=Nc2ccc(F)c(Br)c2)NO)CC1. The van der Waals surface area contributed by atoms with Crippen LogP contribution in [0.25, 0.3) is 0 Å². The summed E-state index contributed by atoms with van der Waals surface area (Å²) in [7, 11) is -2.42. The largest absolute Gasteiger partial charge is 0.364 e. The van der Waals surface area contributed by atoms with Crippen molar-refractivity contribution in [1.29, 1.82) is 4.78 Å². The van der Waals surface area contributed by atoms with Gasteiger partial charge in [0.05, 0.1) is 10.2 Å². The Kier molecular flexibility index (Phi) is 6.59. The number of aromatic nitrogens is 2. The molecule has 0 amide bonds. The molecule has 1 aliphatic rings. The van der Waals surface area contributed by atoms with Crippen molar-refractivity contribution in [2.24, 2.45) is 4.99 Å². The van der Waals surface area contributed by atoms with Gasteiger partial charge in [0.2, 0.25) is 5.82 Å². The van der Waals surface area contributed by atoms with Gasteiger partial charge in [0.15, 0.2) is 11.5 Å². The fraction of sp³-hybridized carbons (Fsp3) is 0.400. The van der Waals surface area contributed by atoms with Crippen molar-refractivity contribution in [3.63, 3.8) is 0 Å². The van der Waals surface area contributed by atoms with E-state index in [1.54, 1.807) is 0 Å². The first-order valence-corrected chi connectivity index (χ1v) is 11.0. The van der Waals surface area contributed by atoms with Crippen LogP contribution >= 0.6 is 15.9 Å². The number of nitrogens with zero attached hydrogens (tertiary/aromatic N) is 4. The lowest BCUT2D eigenvalue weighted by molar-refractivity contribution is 0.234. The molecule has 2 heterocycles. The van der Waals surface area contributed by atoms with Crippen LogP contribution in [0.4, 0.5) is 15.9 Å². The predicted molar refractivity (Wildman–Crippen MR) is 105 cm³/mol. The number of nitrogens with one attached hydrogen (secondary N) is 3. The van der Waals surface area contributed by atoms with Gasteiger partial charge in [-0.1, -0.05) is 0 Å².